The molecule has 0 saturated carbocycles. The number of hydrogen-bond donors (Lipinski definition) is 0. The van der Waals surface area contributed by atoms with Crippen molar-refractivity contribution < 1.29 is 0 Å². The number of hydrogen-bond acceptors (Lipinski definition) is 1. The molecule has 0 aliphatic carbocycles. The van der Waals surface area contributed by atoms with Crippen LogP contribution in [-0.4, -0.2) is 0 Å². The van der Waals surface area contributed by atoms with Crippen LogP contribution in [0.15, 0.2) is 23.8 Å². The Hall–Kier alpha value is -1.03. The predicted molar refractivity (Wildman–Crippen MR) is 52.7 cm³/mol. The molecule has 0 aromatic heterocycles. The summed E-state index contributed by atoms with van der Waals surface area (Å²) in [4.78, 5) is 0. The second-order valence-electron chi connectivity index (χ2n) is 2.75. The third kappa shape index (κ3) is 5.73. The molecule has 12 heavy (non-hydrogen) atoms. The van der Waals surface area contributed by atoms with Crippen molar-refractivity contribution in [2.24, 2.45) is 0 Å². The molecule has 1 nitrogen and oxygen atoms in total. The molecule has 66 valence electrons. The lowest BCUT2D eigenvalue weighted by molar-refractivity contribution is 0.950. The van der Waals surface area contributed by atoms with Gasteiger partial charge in [0.15, 0.2) is 0 Å². The second-order valence-corrected chi connectivity index (χ2v) is 2.75. The van der Waals surface area contributed by atoms with Gasteiger partial charge in [-0.15, -0.1) is 0 Å². The summed E-state index contributed by atoms with van der Waals surface area (Å²) in [7, 11) is 0. The number of rotatable bonds is 5. The molecular weight excluding hydrogens is 146 g/mol. The lowest BCUT2D eigenvalue weighted by atomic mass is 10.2. The van der Waals surface area contributed by atoms with Crippen molar-refractivity contribution in [3.05, 3.63) is 23.8 Å². The number of allylic oxidation sites excluding steroid dienone is 4. The van der Waals surface area contributed by atoms with Gasteiger partial charge in [0.2, 0.25) is 0 Å². The van der Waals surface area contributed by atoms with Crippen LogP contribution in [0.2, 0.25) is 0 Å². The molecule has 0 atom stereocenters. The van der Waals surface area contributed by atoms with E-state index < -0.39 is 0 Å². The van der Waals surface area contributed by atoms with Gasteiger partial charge in [0.1, 0.15) is 0 Å². The maximum Gasteiger partial charge on any atom is 0.0988 e. The third-order valence-electron chi connectivity index (χ3n) is 1.53. The maximum absolute atomic E-state index is 8.68. The van der Waals surface area contributed by atoms with Crippen molar-refractivity contribution in [3.8, 4) is 6.07 Å². The summed E-state index contributed by atoms with van der Waals surface area (Å²) >= 11 is 0. The summed E-state index contributed by atoms with van der Waals surface area (Å²) in [6.07, 6.45) is 10.3. The van der Waals surface area contributed by atoms with Gasteiger partial charge in [-0.3, -0.25) is 0 Å². The fourth-order valence-electron chi connectivity index (χ4n) is 0.828. The molecular formula is C11H17N. The molecule has 0 N–H and O–H groups in total. The summed E-state index contributed by atoms with van der Waals surface area (Å²) < 4.78 is 0. The monoisotopic (exact) mass is 163 g/mol. The molecule has 1 heteroatoms. The van der Waals surface area contributed by atoms with Crippen molar-refractivity contribution in [1.29, 1.82) is 5.26 Å². The van der Waals surface area contributed by atoms with Gasteiger partial charge < -0.3 is 0 Å². The summed E-state index contributed by atoms with van der Waals surface area (Å²) in [6.45, 7) is 4.24. The van der Waals surface area contributed by atoms with Gasteiger partial charge in [-0.05, 0) is 18.9 Å². The van der Waals surface area contributed by atoms with Crippen LogP contribution in [0.1, 0.15) is 39.5 Å². The Morgan fingerprint density at radius 1 is 1.25 bits per heavy atom. The van der Waals surface area contributed by atoms with Crippen LogP contribution in [0, 0.1) is 11.3 Å². The zero-order valence-electron chi connectivity index (χ0n) is 8.01. The highest BCUT2D eigenvalue weighted by Gasteiger charge is 1.86. The van der Waals surface area contributed by atoms with Gasteiger partial charge in [-0.25, -0.2) is 0 Å². The van der Waals surface area contributed by atoms with Crippen LogP contribution >= 0.6 is 0 Å². The highest BCUT2D eigenvalue weighted by molar-refractivity contribution is 5.32. The van der Waals surface area contributed by atoms with Gasteiger partial charge in [0, 0.05) is 5.57 Å². The molecule has 0 aliphatic rings. The molecule has 0 aromatic carbocycles. The average molecular weight is 163 g/mol. The molecule has 0 radical (unpaired) electrons. The Bertz CT molecular complexity index is 194. The van der Waals surface area contributed by atoms with Gasteiger partial charge >= 0.3 is 0 Å². The van der Waals surface area contributed by atoms with Crippen molar-refractivity contribution in [1.82, 2.24) is 0 Å². The quantitative estimate of drug-likeness (QED) is 0.449. The number of nitrogens with zero attached hydrogens (tertiary/aromatic N) is 1. The summed E-state index contributed by atoms with van der Waals surface area (Å²) in [5.74, 6) is 0. The van der Waals surface area contributed by atoms with E-state index in [0.717, 1.165) is 31.3 Å². The standard InChI is InChI=1S/C11H17N/c1-3-5-7-9-11(10-12)8-6-4-2/h7-9H,3-6H2,1-2H3. The highest BCUT2D eigenvalue weighted by Crippen LogP contribution is 2.01. The lowest BCUT2D eigenvalue weighted by Gasteiger charge is -1.88. The first-order valence-electron chi connectivity index (χ1n) is 4.62. The number of nitriles is 1. The topological polar surface area (TPSA) is 23.8 Å². The maximum atomic E-state index is 8.68. The Balaban J connectivity index is 3.92. The minimum Gasteiger partial charge on any atom is -0.192 e. The summed E-state index contributed by atoms with van der Waals surface area (Å²) in [6, 6.07) is 2.17. The van der Waals surface area contributed by atoms with E-state index in [0.29, 0.717) is 0 Å². The highest BCUT2D eigenvalue weighted by atomic mass is 14.2. The molecule has 0 spiro atoms. The van der Waals surface area contributed by atoms with Crippen LogP contribution in [0.3, 0.4) is 0 Å². The van der Waals surface area contributed by atoms with E-state index in [2.05, 4.69) is 26.0 Å². The normalized spacial score (nSPS) is 11.9. The summed E-state index contributed by atoms with van der Waals surface area (Å²) in [5, 5.41) is 8.68. The SMILES string of the molecule is CCCC=CC(C#N)=CCCC. The van der Waals surface area contributed by atoms with E-state index in [1.165, 1.54) is 0 Å². The van der Waals surface area contributed by atoms with Crippen molar-refractivity contribution >= 4 is 0 Å². The van der Waals surface area contributed by atoms with E-state index in [1.54, 1.807) is 0 Å². The Kier molecular flexibility index (Phi) is 7.38. The molecule has 0 amide bonds. The van der Waals surface area contributed by atoms with Crippen LogP contribution < -0.4 is 0 Å². The Morgan fingerprint density at radius 2 is 1.92 bits per heavy atom. The van der Waals surface area contributed by atoms with Crippen LogP contribution in [0.5, 0.6) is 0 Å². The zero-order valence-corrected chi connectivity index (χ0v) is 8.01. The predicted octanol–water partition coefficient (Wildman–Crippen LogP) is 3.59. The molecule has 0 saturated heterocycles. The minimum absolute atomic E-state index is 0.797. The first-order chi connectivity index (χ1) is 5.85. The first kappa shape index (κ1) is 11.0. The van der Waals surface area contributed by atoms with Crippen LogP contribution in [-0.2, 0) is 0 Å². The largest absolute Gasteiger partial charge is 0.192 e. The molecule has 0 aliphatic heterocycles. The van der Waals surface area contributed by atoms with Gasteiger partial charge in [-0.2, -0.15) is 5.26 Å². The van der Waals surface area contributed by atoms with E-state index in [1.807, 2.05) is 12.2 Å². The van der Waals surface area contributed by atoms with Crippen LogP contribution in [0.4, 0.5) is 0 Å². The van der Waals surface area contributed by atoms with E-state index in [4.69, 9.17) is 5.26 Å². The smallest absolute Gasteiger partial charge is 0.0988 e. The minimum atomic E-state index is 0.797. The fraction of sp³-hybridized carbons (Fsp3) is 0.545. The summed E-state index contributed by atoms with van der Waals surface area (Å²) in [5.41, 5.74) is 0.797. The Morgan fingerprint density at radius 3 is 2.42 bits per heavy atom. The molecule has 0 unspecified atom stereocenters. The molecule has 0 rings (SSSR count). The molecule has 0 aromatic rings. The van der Waals surface area contributed by atoms with Gasteiger partial charge in [-0.1, -0.05) is 38.8 Å². The van der Waals surface area contributed by atoms with E-state index >= 15 is 0 Å². The van der Waals surface area contributed by atoms with Crippen LogP contribution in [0.25, 0.3) is 0 Å². The second kappa shape index (κ2) is 8.07. The van der Waals surface area contributed by atoms with E-state index in [9.17, 15) is 0 Å². The van der Waals surface area contributed by atoms with E-state index in [-0.39, 0.29) is 0 Å². The fourth-order valence-corrected chi connectivity index (χ4v) is 0.828. The Labute approximate surface area is 75.4 Å². The first-order valence-corrected chi connectivity index (χ1v) is 4.62. The van der Waals surface area contributed by atoms with Gasteiger partial charge in [0.05, 0.1) is 6.07 Å². The third-order valence-corrected chi connectivity index (χ3v) is 1.53. The molecule has 0 fully saturated rings. The average Bonchev–Trinajstić information content (AvgIpc) is 2.11. The van der Waals surface area contributed by atoms with Gasteiger partial charge in [0.25, 0.3) is 0 Å². The van der Waals surface area contributed by atoms with Crippen molar-refractivity contribution in [2.45, 2.75) is 39.5 Å². The molecule has 0 bridgehead atoms. The van der Waals surface area contributed by atoms with Crippen molar-refractivity contribution in [2.75, 3.05) is 0 Å². The number of unbranched alkanes of at least 4 members (excludes halogenated alkanes) is 2. The zero-order chi connectivity index (χ0) is 9.23. The van der Waals surface area contributed by atoms with Crippen molar-refractivity contribution in [3.63, 3.8) is 0 Å². The lowest BCUT2D eigenvalue weighted by Crippen LogP contribution is -1.73. The molecule has 0 heterocycles.